The molecule has 5 nitrogen and oxygen atoms in total. The summed E-state index contributed by atoms with van der Waals surface area (Å²) in [5.74, 6) is -0.204. The standard InChI is InChI=1S/C11H9NO4/c13-8-3-4-12(11(15)6-8)7-9(14)10-2-1-5-16-10/h1-6,13H,7H2. The second kappa shape index (κ2) is 4.06. The lowest BCUT2D eigenvalue weighted by atomic mass is 10.3. The molecule has 82 valence electrons. The quantitative estimate of drug-likeness (QED) is 0.782. The monoisotopic (exact) mass is 219 g/mol. The van der Waals surface area contributed by atoms with Crippen molar-refractivity contribution in [3.8, 4) is 5.75 Å². The molecule has 0 unspecified atom stereocenters. The van der Waals surface area contributed by atoms with Gasteiger partial charge >= 0.3 is 0 Å². The lowest BCUT2D eigenvalue weighted by Crippen LogP contribution is -2.22. The maximum Gasteiger partial charge on any atom is 0.254 e. The summed E-state index contributed by atoms with van der Waals surface area (Å²) in [5, 5.41) is 9.04. The summed E-state index contributed by atoms with van der Waals surface area (Å²) in [7, 11) is 0. The summed E-state index contributed by atoms with van der Waals surface area (Å²) in [4.78, 5) is 23.0. The minimum atomic E-state index is -0.431. The first-order valence-electron chi connectivity index (χ1n) is 4.63. The molecule has 0 amide bonds. The number of aromatic nitrogens is 1. The maximum atomic E-state index is 11.6. The predicted molar refractivity (Wildman–Crippen MR) is 55.4 cm³/mol. The van der Waals surface area contributed by atoms with E-state index in [1.807, 2.05) is 0 Å². The molecule has 0 fully saturated rings. The Kier molecular flexibility index (Phi) is 2.59. The largest absolute Gasteiger partial charge is 0.508 e. The van der Waals surface area contributed by atoms with Crippen molar-refractivity contribution in [1.29, 1.82) is 0 Å². The lowest BCUT2D eigenvalue weighted by molar-refractivity contribution is 0.0943. The molecule has 2 aromatic rings. The van der Waals surface area contributed by atoms with Gasteiger partial charge in [-0.3, -0.25) is 9.59 Å². The van der Waals surface area contributed by atoms with Crippen molar-refractivity contribution in [2.24, 2.45) is 0 Å². The second-order valence-electron chi connectivity index (χ2n) is 3.25. The molecule has 0 aliphatic heterocycles. The molecule has 1 N–H and O–H groups in total. The van der Waals surface area contributed by atoms with Crippen LogP contribution in [0, 0.1) is 0 Å². The Labute approximate surface area is 90.6 Å². The van der Waals surface area contributed by atoms with Gasteiger partial charge in [0.25, 0.3) is 5.56 Å². The number of hydrogen-bond acceptors (Lipinski definition) is 4. The molecular weight excluding hydrogens is 210 g/mol. The van der Waals surface area contributed by atoms with E-state index in [0.29, 0.717) is 0 Å². The molecule has 0 atom stereocenters. The van der Waals surface area contributed by atoms with Crippen molar-refractivity contribution >= 4 is 5.78 Å². The van der Waals surface area contributed by atoms with Gasteiger partial charge in [0.1, 0.15) is 5.75 Å². The SMILES string of the molecule is O=C(Cn1ccc(O)cc1=O)c1ccco1. The maximum absolute atomic E-state index is 11.6. The molecule has 0 bridgehead atoms. The topological polar surface area (TPSA) is 72.4 Å². The molecule has 0 saturated carbocycles. The summed E-state index contributed by atoms with van der Waals surface area (Å²) >= 11 is 0. The van der Waals surface area contributed by atoms with Crippen LogP contribution in [0.1, 0.15) is 10.6 Å². The molecule has 2 heterocycles. The van der Waals surface area contributed by atoms with E-state index in [9.17, 15) is 9.59 Å². The molecule has 0 saturated heterocycles. The molecule has 0 aromatic carbocycles. The first-order chi connectivity index (χ1) is 7.66. The normalized spacial score (nSPS) is 10.2. The molecule has 16 heavy (non-hydrogen) atoms. The van der Waals surface area contributed by atoms with E-state index in [4.69, 9.17) is 9.52 Å². The average molecular weight is 219 g/mol. The Morgan fingerprint density at radius 2 is 2.25 bits per heavy atom. The minimum Gasteiger partial charge on any atom is -0.508 e. The van der Waals surface area contributed by atoms with Crippen molar-refractivity contribution in [2.75, 3.05) is 0 Å². The van der Waals surface area contributed by atoms with Gasteiger partial charge in [-0.15, -0.1) is 0 Å². The van der Waals surface area contributed by atoms with Gasteiger partial charge in [-0.25, -0.2) is 0 Å². The van der Waals surface area contributed by atoms with E-state index in [0.717, 1.165) is 6.07 Å². The van der Waals surface area contributed by atoms with Gasteiger partial charge in [0.2, 0.25) is 5.78 Å². The van der Waals surface area contributed by atoms with E-state index in [1.165, 1.54) is 29.2 Å². The fraction of sp³-hybridized carbons (Fsp3) is 0.0909. The van der Waals surface area contributed by atoms with Crippen molar-refractivity contribution in [3.05, 3.63) is 52.8 Å². The van der Waals surface area contributed by atoms with Gasteiger partial charge in [-0.2, -0.15) is 0 Å². The Morgan fingerprint density at radius 3 is 2.88 bits per heavy atom. The van der Waals surface area contributed by atoms with E-state index >= 15 is 0 Å². The average Bonchev–Trinajstić information content (AvgIpc) is 2.75. The van der Waals surface area contributed by atoms with Crippen LogP contribution in [0.4, 0.5) is 0 Å². The van der Waals surface area contributed by atoms with Crippen LogP contribution < -0.4 is 5.56 Å². The van der Waals surface area contributed by atoms with Crippen LogP contribution in [-0.4, -0.2) is 15.5 Å². The van der Waals surface area contributed by atoms with Gasteiger partial charge in [0.15, 0.2) is 5.76 Å². The Morgan fingerprint density at radius 1 is 1.44 bits per heavy atom. The third-order valence-electron chi connectivity index (χ3n) is 2.09. The first kappa shape index (κ1) is 10.2. The summed E-state index contributed by atoms with van der Waals surface area (Å²) in [6.07, 6.45) is 2.76. The first-order valence-corrected chi connectivity index (χ1v) is 4.63. The van der Waals surface area contributed by atoms with Gasteiger partial charge < -0.3 is 14.1 Å². The molecule has 2 aromatic heterocycles. The number of carbonyl (C=O) groups is 1. The molecule has 2 rings (SSSR count). The molecule has 0 aliphatic rings. The molecular formula is C11H9NO4. The van der Waals surface area contributed by atoms with Gasteiger partial charge in [-0.1, -0.05) is 0 Å². The summed E-state index contributed by atoms with van der Waals surface area (Å²) in [5.41, 5.74) is -0.431. The number of Topliss-reactive ketones (excluding diaryl/α,β-unsaturated/α-hetero) is 1. The second-order valence-corrected chi connectivity index (χ2v) is 3.25. The highest BCUT2D eigenvalue weighted by Gasteiger charge is 2.10. The van der Waals surface area contributed by atoms with E-state index < -0.39 is 5.56 Å². The van der Waals surface area contributed by atoms with Gasteiger partial charge in [0.05, 0.1) is 12.8 Å². The number of hydrogen-bond donors (Lipinski definition) is 1. The third-order valence-corrected chi connectivity index (χ3v) is 2.09. The number of nitrogens with zero attached hydrogens (tertiary/aromatic N) is 1. The summed E-state index contributed by atoms with van der Waals surface area (Å²) < 4.78 is 6.12. The molecule has 5 heteroatoms. The number of rotatable bonds is 3. The number of pyridine rings is 1. The Bertz CT molecular complexity index is 554. The number of aromatic hydroxyl groups is 1. The zero-order valence-corrected chi connectivity index (χ0v) is 8.29. The predicted octanol–water partition coefficient (Wildman–Crippen LogP) is 1.03. The van der Waals surface area contributed by atoms with Crippen molar-refractivity contribution < 1.29 is 14.3 Å². The highest BCUT2D eigenvalue weighted by atomic mass is 16.3. The highest BCUT2D eigenvalue weighted by Crippen LogP contribution is 2.04. The van der Waals surface area contributed by atoms with Crippen LogP contribution in [0.2, 0.25) is 0 Å². The minimum absolute atomic E-state index is 0.105. The number of ketones is 1. The fourth-order valence-corrected chi connectivity index (χ4v) is 1.30. The van der Waals surface area contributed by atoms with Crippen LogP contribution in [0.25, 0.3) is 0 Å². The highest BCUT2D eigenvalue weighted by molar-refractivity contribution is 5.93. The number of furan rings is 1. The van der Waals surface area contributed by atoms with Crippen LogP contribution in [0.15, 0.2) is 45.9 Å². The van der Waals surface area contributed by atoms with Crippen molar-refractivity contribution in [3.63, 3.8) is 0 Å². The van der Waals surface area contributed by atoms with Crippen molar-refractivity contribution in [1.82, 2.24) is 4.57 Å². The fourth-order valence-electron chi connectivity index (χ4n) is 1.30. The Hall–Kier alpha value is -2.30. The van der Waals surface area contributed by atoms with Crippen molar-refractivity contribution in [2.45, 2.75) is 6.54 Å². The Balaban J connectivity index is 2.22. The van der Waals surface area contributed by atoms with Crippen LogP contribution in [-0.2, 0) is 6.54 Å². The van der Waals surface area contributed by atoms with Gasteiger partial charge in [0, 0.05) is 12.3 Å². The molecule has 0 aliphatic carbocycles. The van der Waals surface area contributed by atoms with E-state index in [-0.39, 0.29) is 23.8 Å². The van der Waals surface area contributed by atoms with E-state index in [2.05, 4.69) is 0 Å². The lowest BCUT2D eigenvalue weighted by Gasteiger charge is -2.02. The zero-order chi connectivity index (χ0) is 11.5. The van der Waals surface area contributed by atoms with E-state index in [1.54, 1.807) is 6.07 Å². The van der Waals surface area contributed by atoms with Crippen LogP contribution in [0.5, 0.6) is 5.75 Å². The molecule has 0 spiro atoms. The van der Waals surface area contributed by atoms with Crippen LogP contribution in [0.3, 0.4) is 0 Å². The van der Waals surface area contributed by atoms with Gasteiger partial charge in [-0.05, 0) is 18.2 Å². The summed E-state index contributed by atoms with van der Waals surface area (Å²) in [6.45, 7) is -0.105. The smallest absolute Gasteiger partial charge is 0.254 e. The van der Waals surface area contributed by atoms with Crippen LogP contribution >= 0.6 is 0 Å². The number of carbonyl (C=O) groups excluding carboxylic acids is 1. The molecule has 0 radical (unpaired) electrons. The third kappa shape index (κ3) is 2.03. The zero-order valence-electron chi connectivity index (χ0n) is 8.29. The summed E-state index contributed by atoms with van der Waals surface area (Å²) in [6, 6.07) is 5.53.